The molecule has 2 fully saturated rings. The highest BCUT2D eigenvalue weighted by atomic mass is 35.5. The van der Waals surface area contributed by atoms with Crippen LogP contribution in [0.5, 0.6) is 5.75 Å². The molecule has 0 atom stereocenters. The molecule has 1 amide bonds. The van der Waals surface area contributed by atoms with E-state index in [1.807, 2.05) is 17.9 Å². The highest BCUT2D eigenvalue weighted by Gasteiger charge is 2.36. The Balaban J connectivity index is 1.55. The van der Waals surface area contributed by atoms with Crippen molar-refractivity contribution in [1.29, 1.82) is 0 Å². The van der Waals surface area contributed by atoms with Crippen molar-refractivity contribution in [3.63, 3.8) is 0 Å². The molecule has 22 heavy (non-hydrogen) atoms. The highest BCUT2D eigenvalue weighted by Crippen LogP contribution is 2.33. The first-order valence-corrected chi connectivity index (χ1v) is 8.19. The van der Waals surface area contributed by atoms with E-state index in [0.29, 0.717) is 36.7 Å². The maximum Gasteiger partial charge on any atom is 0.314 e. The van der Waals surface area contributed by atoms with Crippen molar-refractivity contribution in [3.05, 3.63) is 28.8 Å². The van der Waals surface area contributed by atoms with Gasteiger partial charge in [0.1, 0.15) is 5.75 Å². The minimum Gasteiger partial charge on any atom is -0.425 e. The lowest BCUT2D eigenvalue weighted by Crippen LogP contribution is -2.41. The van der Waals surface area contributed by atoms with Crippen LogP contribution >= 0.6 is 11.6 Å². The largest absolute Gasteiger partial charge is 0.425 e. The van der Waals surface area contributed by atoms with E-state index in [2.05, 4.69) is 0 Å². The molecule has 4 nitrogen and oxygen atoms in total. The molecule has 0 unspecified atom stereocenters. The molecule has 3 rings (SSSR count). The van der Waals surface area contributed by atoms with Crippen molar-refractivity contribution in [1.82, 2.24) is 4.90 Å². The summed E-state index contributed by atoms with van der Waals surface area (Å²) in [4.78, 5) is 26.2. The number of nitrogens with zero attached hydrogens (tertiary/aromatic N) is 1. The monoisotopic (exact) mass is 321 g/mol. The molecule has 1 saturated carbocycles. The number of hydrogen-bond acceptors (Lipinski definition) is 3. The van der Waals surface area contributed by atoms with Gasteiger partial charge in [0.15, 0.2) is 0 Å². The second kappa shape index (κ2) is 6.29. The molecule has 118 valence electrons. The molecule has 0 bridgehead atoms. The van der Waals surface area contributed by atoms with Gasteiger partial charge in [-0.3, -0.25) is 9.59 Å². The number of esters is 1. The van der Waals surface area contributed by atoms with E-state index in [4.69, 9.17) is 16.3 Å². The van der Waals surface area contributed by atoms with Crippen molar-refractivity contribution in [2.45, 2.75) is 32.6 Å². The molecule has 1 aliphatic carbocycles. The predicted octanol–water partition coefficient (Wildman–Crippen LogP) is 3.20. The first-order valence-electron chi connectivity index (χ1n) is 7.81. The lowest BCUT2D eigenvalue weighted by molar-refractivity contribution is -0.143. The number of benzene rings is 1. The van der Waals surface area contributed by atoms with Gasteiger partial charge < -0.3 is 9.64 Å². The Kier molecular flexibility index (Phi) is 4.39. The summed E-state index contributed by atoms with van der Waals surface area (Å²) in [6.07, 6.45) is 3.38. The number of rotatable bonds is 3. The van der Waals surface area contributed by atoms with E-state index >= 15 is 0 Å². The smallest absolute Gasteiger partial charge is 0.314 e. The maximum absolute atomic E-state index is 12.3. The summed E-state index contributed by atoms with van der Waals surface area (Å²) < 4.78 is 5.45. The topological polar surface area (TPSA) is 46.6 Å². The van der Waals surface area contributed by atoms with Crippen LogP contribution in [0.3, 0.4) is 0 Å². The first-order chi connectivity index (χ1) is 10.5. The van der Waals surface area contributed by atoms with E-state index in [-0.39, 0.29) is 23.7 Å². The normalized spacial score (nSPS) is 19.1. The molecule has 2 aliphatic rings. The molecule has 0 spiro atoms. The summed E-state index contributed by atoms with van der Waals surface area (Å²) in [5.41, 5.74) is 0.997. The van der Waals surface area contributed by atoms with Crippen molar-refractivity contribution >= 4 is 23.5 Å². The number of ether oxygens (including phenoxy) is 1. The summed E-state index contributed by atoms with van der Waals surface area (Å²) in [7, 11) is 0. The Morgan fingerprint density at radius 2 is 1.82 bits per heavy atom. The molecule has 1 saturated heterocycles. The average Bonchev–Trinajstić information content (AvgIpc) is 3.35. The molecular formula is C17H20ClNO3. The van der Waals surface area contributed by atoms with Crippen LogP contribution < -0.4 is 4.74 Å². The van der Waals surface area contributed by atoms with Gasteiger partial charge in [0.05, 0.1) is 10.9 Å². The third-order valence-corrected chi connectivity index (χ3v) is 4.68. The fourth-order valence-electron chi connectivity index (χ4n) is 2.80. The Morgan fingerprint density at radius 3 is 2.45 bits per heavy atom. The van der Waals surface area contributed by atoms with E-state index < -0.39 is 0 Å². The van der Waals surface area contributed by atoms with Gasteiger partial charge >= 0.3 is 5.97 Å². The third kappa shape index (κ3) is 3.43. The fourth-order valence-corrected chi connectivity index (χ4v) is 2.96. The lowest BCUT2D eigenvalue weighted by atomic mass is 9.96. The third-order valence-electron chi connectivity index (χ3n) is 4.36. The molecule has 0 aromatic heterocycles. The number of carbonyl (C=O) groups excluding carboxylic acids is 2. The molecular weight excluding hydrogens is 302 g/mol. The maximum atomic E-state index is 12.3. The van der Waals surface area contributed by atoms with Gasteiger partial charge in [-0.2, -0.15) is 0 Å². The van der Waals surface area contributed by atoms with Crippen molar-refractivity contribution < 1.29 is 14.3 Å². The quantitative estimate of drug-likeness (QED) is 0.634. The minimum atomic E-state index is -0.244. The van der Waals surface area contributed by atoms with Gasteiger partial charge in [-0.25, -0.2) is 0 Å². The number of aryl methyl sites for hydroxylation is 1. The molecule has 5 heteroatoms. The Hall–Kier alpha value is -1.55. The second-order valence-corrected chi connectivity index (χ2v) is 6.64. The fraction of sp³-hybridized carbons (Fsp3) is 0.529. The van der Waals surface area contributed by atoms with Crippen LogP contribution in [-0.2, 0) is 9.59 Å². The molecule has 1 heterocycles. The van der Waals surface area contributed by atoms with Crippen LogP contribution in [-0.4, -0.2) is 29.9 Å². The van der Waals surface area contributed by atoms with Gasteiger partial charge in [-0.15, -0.1) is 0 Å². The van der Waals surface area contributed by atoms with Crippen LogP contribution in [0.4, 0.5) is 0 Å². The zero-order valence-electron chi connectivity index (χ0n) is 12.7. The molecule has 0 N–H and O–H groups in total. The van der Waals surface area contributed by atoms with Crippen LogP contribution in [0.2, 0.25) is 5.02 Å². The van der Waals surface area contributed by atoms with Gasteiger partial charge in [-0.1, -0.05) is 17.7 Å². The predicted molar refractivity (Wildman–Crippen MR) is 83.9 cm³/mol. The number of piperidine rings is 1. The SMILES string of the molecule is Cc1ccc(Cl)c(OC(=O)C2CCN(C(=O)C3CC3)CC2)c1. The molecule has 1 aliphatic heterocycles. The summed E-state index contributed by atoms with van der Waals surface area (Å²) >= 11 is 6.06. The van der Waals surface area contributed by atoms with Crippen LogP contribution in [0.15, 0.2) is 18.2 Å². The number of amides is 1. The van der Waals surface area contributed by atoms with Gasteiger partial charge in [0.25, 0.3) is 0 Å². The van der Waals surface area contributed by atoms with Crippen molar-refractivity contribution in [2.75, 3.05) is 13.1 Å². The van der Waals surface area contributed by atoms with Gasteiger partial charge in [-0.05, 0) is 50.3 Å². The van der Waals surface area contributed by atoms with Gasteiger partial charge in [0, 0.05) is 19.0 Å². The Labute approximate surface area is 135 Å². The minimum absolute atomic E-state index is 0.153. The van der Waals surface area contributed by atoms with Crippen LogP contribution in [0.25, 0.3) is 0 Å². The van der Waals surface area contributed by atoms with Gasteiger partial charge in [0.2, 0.25) is 5.91 Å². The number of halogens is 1. The first kappa shape index (κ1) is 15.3. The van der Waals surface area contributed by atoms with E-state index in [1.165, 1.54) is 0 Å². The van der Waals surface area contributed by atoms with E-state index in [1.54, 1.807) is 12.1 Å². The Morgan fingerprint density at radius 1 is 1.14 bits per heavy atom. The number of carbonyl (C=O) groups is 2. The van der Waals surface area contributed by atoms with Crippen LogP contribution in [0.1, 0.15) is 31.2 Å². The molecule has 1 aromatic rings. The zero-order valence-corrected chi connectivity index (χ0v) is 13.4. The van der Waals surface area contributed by atoms with E-state index in [9.17, 15) is 9.59 Å². The highest BCUT2D eigenvalue weighted by molar-refractivity contribution is 6.32. The Bertz CT molecular complexity index is 590. The summed E-state index contributed by atoms with van der Waals surface area (Å²) in [5.74, 6) is 0.525. The molecule has 1 aromatic carbocycles. The average molecular weight is 322 g/mol. The molecule has 0 radical (unpaired) electrons. The zero-order chi connectivity index (χ0) is 15.7. The lowest BCUT2D eigenvalue weighted by Gasteiger charge is -2.31. The summed E-state index contributed by atoms with van der Waals surface area (Å²) in [6.45, 7) is 3.23. The van der Waals surface area contributed by atoms with Crippen LogP contribution in [0, 0.1) is 18.8 Å². The number of hydrogen-bond donors (Lipinski definition) is 0. The summed E-state index contributed by atoms with van der Waals surface area (Å²) in [6, 6.07) is 5.38. The second-order valence-electron chi connectivity index (χ2n) is 6.23. The summed E-state index contributed by atoms with van der Waals surface area (Å²) in [5, 5.41) is 0.445. The van der Waals surface area contributed by atoms with E-state index in [0.717, 1.165) is 18.4 Å². The standard InChI is InChI=1S/C17H20ClNO3/c1-11-2-5-14(18)15(10-11)22-17(21)13-6-8-19(9-7-13)16(20)12-3-4-12/h2,5,10,12-13H,3-4,6-9H2,1H3. The van der Waals surface area contributed by atoms with Crippen molar-refractivity contribution in [3.8, 4) is 5.75 Å². The van der Waals surface area contributed by atoms with Crippen molar-refractivity contribution in [2.24, 2.45) is 11.8 Å². The number of likely N-dealkylation sites (tertiary alicyclic amines) is 1.